The molecule has 1 unspecified atom stereocenters. The molecular weight excluding hydrogens is 285 g/mol. The first kappa shape index (κ1) is 10.5. The summed E-state index contributed by atoms with van der Waals surface area (Å²) in [6.45, 7) is 1.81. The van der Waals surface area contributed by atoms with Crippen LogP contribution in [-0.4, -0.2) is 29.9 Å². The Morgan fingerprint density at radius 3 is 2.92 bits per heavy atom. The first-order chi connectivity index (χ1) is 6.06. The van der Waals surface area contributed by atoms with Gasteiger partial charge in [0.2, 0.25) is 0 Å². The highest BCUT2D eigenvalue weighted by Gasteiger charge is 2.27. The summed E-state index contributed by atoms with van der Waals surface area (Å²) in [6, 6.07) is -0.113. The maximum atomic E-state index is 11.2. The van der Waals surface area contributed by atoms with Crippen LogP contribution in [-0.2, 0) is 9.53 Å². The second-order valence-electron chi connectivity index (χ2n) is 2.83. The van der Waals surface area contributed by atoms with Crippen molar-refractivity contribution in [2.24, 2.45) is 0 Å². The van der Waals surface area contributed by atoms with Crippen molar-refractivity contribution in [2.75, 3.05) is 7.11 Å². The summed E-state index contributed by atoms with van der Waals surface area (Å²) < 4.78 is 5.14. The number of ketones is 1. The second kappa shape index (κ2) is 4.08. The number of halogens is 1. The van der Waals surface area contributed by atoms with E-state index in [1.54, 1.807) is 0 Å². The minimum atomic E-state index is -0.422. The van der Waals surface area contributed by atoms with E-state index in [0.717, 1.165) is 0 Å². The van der Waals surface area contributed by atoms with Crippen molar-refractivity contribution in [1.82, 2.24) is 4.90 Å². The van der Waals surface area contributed by atoms with Crippen molar-refractivity contribution in [1.29, 1.82) is 0 Å². The number of rotatable bonds is 0. The van der Waals surface area contributed by atoms with Crippen molar-refractivity contribution >= 4 is 34.5 Å². The van der Waals surface area contributed by atoms with Crippen LogP contribution in [0.5, 0.6) is 0 Å². The van der Waals surface area contributed by atoms with Crippen LogP contribution in [0.15, 0.2) is 9.78 Å². The lowest BCUT2D eigenvalue weighted by Gasteiger charge is -2.27. The maximum absolute atomic E-state index is 11.2. The monoisotopic (exact) mass is 295 g/mol. The Morgan fingerprint density at radius 2 is 2.38 bits per heavy atom. The van der Waals surface area contributed by atoms with Gasteiger partial charge in [0.1, 0.15) is 0 Å². The van der Waals surface area contributed by atoms with Crippen molar-refractivity contribution in [2.45, 2.75) is 19.4 Å². The highest BCUT2D eigenvalue weighted by Crippen LogP contribution is 2.22. The zero-order valence-electron chi connectivity index (χ0n) is 7.41. The van der Waals surface area contributed by atoms with E-state index in [0.29, 0.717) is 10.0 Å². The molecule has 5 heteroatoms. The predicted molar refractivity (Wildman–Crippen MR) is 55.4 cm³/mol. The molecule has 0 aromatic rings. The van der Waals surface area contributed by atoms with Gasteiger partial charge < -0.3 is 4.74 Å². The van der Waals surface area contributed by atoms with Gasteiger partial charge in [-0.15, -0.1) is 0 Å². The highest BCUT2D eigenvalue weighted by molar-refractivity contribution is 14.1. The zero-order chi connectivity index (χ0) is 10.0. The van der Waals surface area contributed by atoms with Crippen LogP contribution < -0.4 is 0 Å². The molecule has 0 radical (unpaired) electrons. The molecule has 0 saturated heterocycles. The van der Waals surface area contributed by atoms with Crippen LogP contribution >= 0.6 is 22.6 Å². The first-order valence-corrected chi connectivity index (χ1v) is 4.91. The van der Waals surface area contributed by atoms with E-state index in [-0.39, 0.29) is 11.8 Å². The summed E-state index contributed by atoms with van der Waals surface area (Å²) in [6.07, 6.45) is 1.47. The topological polar surface area (TPSA) is 46.6 Å². The molecule has 1 amide bonds. The number of carbonyl (C=O) groups is 2. The third-order valence-electron chi connectivity index (χ3n) is 1.86. The van der Waals surface area contributed by atoms with Crippen molar-refractivity contribution < 1.29 is 14.3 Å². The molecule has 13 heavy (non-hydrogen) atoms. The fourth-order valence-electron chi connectivity index (χ4n) is 1.12. The zero-order valence-corrected chi connectivity index (χ0v) is 9.57. The van der Waals surface area contributed by atoms with Gasteiger partial charge in [-0.1, -0.05) is 0 Å². The molecule has 0 fully saturated rings. The summed E-state index contributed by atoms with van der Waals surface area (Å²) >= 11 is 1.92. The molecule has 0 N–H and O–H groups in total. The molecule has 1 heterocycles. The second-order valence-corrected chi connectivity index (χ2v) is 3.99. The van der Waals surface area contributed by atoms with E-state index >= 15 is 0 Å². The van der Waals surface area contributed by atoms with Crippen molar-refractivity contribution in [3.63, 3.8) is 0 Å². The molecule has 0 saturated carbocycles. The van der Waals surface area contributed by atoms with Gasteiger partial charge in [0, 0.05) is 18.7 Å². The van der Waals surface area contributed by atoms with E-state index in [4.69, 9.17) is 0 Å². The summed E-state index contributed by atoms with van der Waals surface area (Å²) in [5, 5.41) is 0. The minimum absolute atomic E-state index is 0.0771. The lowest BCUT2D eigenvalue weighted by Crippen LogP contribution is -2.38. The number of ether oxygens (including phenoxy) is 1. The van der Waals surface area contributed by atoms with E-state index in [1.165, 1.54) is 18.2 Å². The molecule has 1 rings (SSSR count). The van der Waals surface area contributed by atoms with Crippen LogP contribution in [0.25, 0.3) is 0 Å². The lowest BCUT2D eigenvalue weighted by molar-refractivity contribution is -0.116. The molecule has 1 aliphatic heterocycles. The minimum Gasteiger partial charge on any atom is -0.452 e. The normalized spacial score (nSPS) is 22.7. The summed E-state index contributed by atoms with van der Waals surface area (Å²) in [7, 11) is 1.33. The van der Waals surface area contributed by atoms with Gasteiger partial charge in [0.05, 0.1) is 10.7 Å². The third kappa shape index (κ3) is 2.20. The predicted octanol–water partition coefficient (Wildman–Crippen LogP) is 1.69. The number of amides is 1. The number of allylic oxidation sites excluding steroid dienone is 1. The van der Waals surface area contributed by atoms with Crippen LogP contribution in [0.3, 0.4) is 0 Å². The molecule has 72 valence electrons. The summed E-state index contributed by atoms with van der Waals surface area (Å²) in [5.74, 6) is 0.0771. The Morgan fingerprint density at radius 1 is 1.77 bits per heavy atom. The fraction of sp³-hybridized carbons (Fsp3) is 0.500. The average Bonchev–Trinajstić information content (AvgIpc) is 2.10. The SMILES string of the molecule is COC(=O)N1C=C(I)C(=O)CC1C. The summed E-state index contributed by atoms with van der Waals surface area (Å²) in [4.78, 5) is 23.8. The smallest absolute Gasteiger partial charge is 0.413 e. The third-order valence-corrected chi connectivity index (χ3v) is 2.74. The molecule has 0 aromatic carbocycles. The maximum Gasteiger partial charge on any atom is 0.413 e. The van der Waals surface area contributed by atoms with Gasteiger partial charge in [-0.25, -0.2) is 4.79 Å². The molecule has 0 bridgehead atoms. The number of carbonyl (C=O) groups excluding carboxylic acids is 2. The quantitative estimate of drug-likeness (QED) is 0.639. The molecule has 1 atom stereocenters. The standard InChI is InChI=1S/C8H10INO3/c1-5-3-7(11)6(9)4-10(5)8(12)13-2/h4-5H,3H2,1-2H3. The first-order valence-electron chi connectivity index (χ1n) is 3.83. The van der Waals surface area contributed by atoms with Gasteiger partial charge in [-0.3, -0.25) is 9.69 Å². The largest absolute Gasteiger partial charge is 0.452 e. The van der Waals surface area contributed by atoms with Crippen LogP contribution in [0.1, 0.15) is 13.3 Å². The van der Waals surface area contributed by atoms with Crippen LogP contribution in [0.2, 0.25) is 0 Å². The fourth-order valence-corrected chi connectivity index (χ4v) is 1.64. The molecule has 0 aliphatic carbocycles. The average molecular weight is 295 g/mol. The van der Waals surface area contributed by atoms with Gasteiger partial charge >= 0.3 is 6.09 Å². The van der Waals surface area contributed by atoms with E-state index in [1.807, 2.05) is 29.5 Å². The molecule has 1 aliphatic rings. The number of Topliss-reactive ketones (excluding diaryl/α,β-unsaturated/α-hetero) is 1. The van der Waals surface area contributed by atoms with E-state index in [9.17, 15) is 9.59 Å². The van der Waals surface area contributed by atoms with Gasteiger partial charge in [-0.2, -0.15) is 0 Å². The molecule has 0 spiro atoms. The van der Waals surface area contributed by atoms with E-state index < -0.39 is 6.09 Å². The van der Waals surface area contributed by atoms with Gasteiger partial charge in [0.15, 0.2) is 5.78 Å². The number of hydrogen-bond donors (Lipinski definition) is 0. The lowest BCUT2D eigenvalue weighted by atomic mass is 10.1. The Hall–Kier alpha value is -0.590. The number of hydrogen-bond acceptors (Lipinski definition) is 3. The Kier molecular flexibility index (Phi) is 3.29. The van der Waals surface area contributed by atoms with Crippen LogP contribution in [0.4, 0.5) is 4.79 Å². The number of nitrogens with zero attached hydrogens (tertiary/aromatic N) is 1. The molecule has 0 aromatic heterocycles. The van der Waals surface area contributed by atoms with Crippen molar-refractivity contribution in [3.05, 3.63) is 9.78 Å². The molecular formula is C8H10INO3. The Balaban J connectivity index is 2.86. The van der Waals surface area contributed by atoms with E-state index in [2.05, 4.69) is 4.74 Å². The Labute approximate surface area is 90.1 Å². The van der Waals surface area contributed by atoms with Gasteiger partial charge in [0.25, 0.3) is 0 Å². The molecule has 4 nitrogen and oxygen atoms in total. The van der Waals surface area contributed by atoms with Crippen LogP contribution in [0, 0.1) is 0 Å². The van der Waals surface area contributed by atoms with Gasteiger partial charge in [-0.05, 0) is 29.5 Å². The Bertz CT molecular complexity index is 275. The highest BCUT2D eigenvalue weighted by atomic mass is 127. The van der Waals surface area contributed by atoms with Crippen molar-refractivity contribution in [3.8, 4) is 0 Å². The summed E-state index contributed by atoms with van der Waals surface area (Å²) in [5.41, 5.74) is 0. The number of methoxy groups -OCH3 is 1.